The van der Waals surface area contributed by atoms with E-state index in [1.54, 1.807) is 6.20 Å². The summed E-state index contributed by atoms with van der Waals surface area (Å²) in [5.41, 5.74) is 6.70. The van der Waals surface area contributed by atoms with Crippen LogP contribution >= 0.6 is 23.8 Å². The molecule has 2 atom stereocenters. The van der Waals surface area contributed by atoms with Crippen molar-refractivity contribution in [3.8, 4) is 0 Å². The van der Waals surface area contributed by atoms with E-state index in [-0.39, 0.29) is 30.1 Å². The van der Waals surface area contributed by atoms with Gasteiger partial charge in [0.2, 0.25) is 5.91 Å². The number of amides is 1. The van der Waals surface area contributed by atoms with Crippen molar-refractivity contribution < 1.29 is 9.53 Å². The minimum Gasteiger partial charge on any atom is -0.375 e. The highest BCUT2D eigenvalue weighted by molar-refractivity contribution is 7.80. The lowest BCUT2D eigenvalue weighted by Crippen LogP contribution is -2.42. The zero-order chi connectivity index (χ0) is 27.9. The molecule has 2 aliphatic rings. The highest BCUT2D eigenvalue weighted by Gasteiger charge is 2.42. The quantitative estimate of drug-likeness (QED) is 0.351. The Morgan fingerprint density at radius 2 is 1.95 bits per heavy atom. The summed E-state index contributed by atoms with van der Waals surface area (Å²) in [7, 11) is 3.59. The number of allylic oxidation sites excluding steroid dienone is 1. The van der Waals surface area contributed by atoms with E-state index in [1.165, 1.54) is 12.7 Å². The van der Waals surface area contributed by atoms with Crippen LogP contribution in [0, 0.1) is 0 Å². The van der Waals surface area contributed by atoms with E-state index >= 15 is 0 Å². The first kappa shape index (κ1) is 27.1. The fourth-order valence-electron chi connectivity index (χ4n) is 5.40. The van der Waals surface area contributed by atoms with E-state index in [1.807, 2.05) is 42.5 Å². The van der Waals surface area contributed by atoms with Crippen molar-refractivity contribution in [2.24, 2.45) is 0 Å². The molecule has 3 heterocycles. The Bertz CT molecular complexity index is 1440. The summed E-state index contributed by atoms with van der Waals surface area (Å²) in [6, 6.07) is 17.2. The minimum absolute atomic E-state index is 0.00717. The number of fused-ring (bicyclic) bond motifs is 1. The molecule has 1 amide bonds. The van der Waals surface area contributed by atoms with Crippen LogP contribution in [0.15, 0.2) is 66.9 Å². The first-order valence-electron chi connectivity index (χ1n) is 12.8. The highest BCUT2D eigenvalue weighted by atomic mass is 35.5. The van der Waals surface area contributed by atoms with E-state index in [0.717, 1.165) is 28.2 Å². The minimum atomic E-state index is -0.257. The average molecular weight is 562 g/mol. The van der Waals surface area contributed by atoms with Gasteiger partial charge in [-0.25, -0.2) is 0 Å². The summed E-state index contributed by atoms with van der Waals surface area (Å²) in [6.07, 6.45) is 4.07. The molecule has 0 aliphatic carbocycles. The molecule has 2 aliphatic heterocycles. The van der Waals surface area contributed by atoms with Crippen molar-refractivity contribution in [3.63, 3.8) is 0 Å². The third-order valence-electron chi connectivity index (χ3n) is 7.46. The van der Waals surface area contributed by atoms with E-state index in [4.69, 9.17) is 28.6 Å². The molecule has 7 nitrogen and oxygen atoms in total. The first-order valence-corrected chi connectivity index (χ1v) is 13.6. The van der Waals surface area contributed by atoms with Crippen LogP contribution in [-0.2, 0) is 9.53 Å². The van der Waals surface area contributed by atoms with Crippen molar-refractivity contribution in [2.45, 2.75) is 38.4 Å². The molecule has 1 saturated heterocycles. The summed E-state index contributed by atoms with van der Waals surface area (Å²) in [4.78, 5) is 21.0. The number of ether oxygens (including phenoxy) is 1. The van der Waals surface area contributed by atoms with Gasteiger partial charge in [-0.2, -0.15) is 0 Å². The monoisotopic (exact) mass is 561 g/mol. The maximum atomic E-state index is 12.0. The maximum absolute atomic E-state index is 12.0. The number of hydrogen-bond acceptors (Lipinski definition) is 5. The summed E-state index contributed by atoms with van der Waals surface area (Å²) in [5, 5.41) is 7.57. The van der Waals surface area contributed by atoms with E-state index in [0.29, 0.717) is 15.8 Å². The van der Waals surface area contributed by atoms with Gasteiger partial charge in [0.05, 0.1) is 23.3 Å². The number of hydrogen-bond donors (Lipinski definition) is 2. The van der Waals surface area contributed by atoms with Crippen LogP contribution in [0.4, 0.5) is 17.1 Å². The molecule has 39 heavy (non-hydrogen) atoms. The fourth-order valence-corrected chi connectivity index (χ4v) is 6.01. The van der Waals surface area contributed by atoms with Gasteiger partial charge in [0.15, 0.2) is 5.11 Å². The van der Waals surface area contributed by atoms with Crippen LogP contribution in [0.1, 0.15) is 49.7 Å². The molecule has 202 valence electrons. The number of methoxy groups -OCH3 is 1. The SMILES string of the molecule is COCC(=O)Nc1ccc(N2C(=S)N[C@@H](c3ccccn3)[C@@H]2c2cc3c(cc2Cl)N(C)C(C)(C)C=C3C)cc1. The number of pyridine rings is 1. The van der Waals surface area contributed by atoms with Crippen LogP contribution < -0.4 is 20.4 Å². The maximum Gasteiger partial charge on any atom is 0.250 e. The molecule has 2 aromatic carbocycles. The molecule has 0 bridgehead atoms. The molecule has 2 N–H and O–H groups in total. The van der Waals surface area contributed by atoms with Crippen LogP contribution in [0.3, 0.4) is 0 Å². The van der Waals surface area contributed by atoms with Gasteiger partial charge in [-0.1, -0.05) is 23.7 Å². The number of rotatable bonds is 6. The smallest absolute Gasteiger partial charge is 0.250 e. The van der Waals surface area contributed by atoms with E-state index in [9.17, 15) is 4.79 Å². The number of halogens is 1. The number of anilines is 3. The Kier molecular flexibility index (Phi) is 7.37. The van der Waals surface area contributed by atoms with Gasteiger partial charge < -0.3 is 25.2 Å². The van der Waals surface area contributed by atoms with Crippen LogP contribution in [-0.4, -0.2) is 42.3 Å². The molecular formula is C30H32ClN5O2S. The zero-order valence-electron chi connectivity index (χ0n) is 22.7. The van der Waals surface area contributed by atoms with Gasteiger partial charge in [-0.05, 0) is 92.7 Å². The number of aromatic nitrogens is 1. The van der Waals surface area contributed by atoms with Gasteiger partial charge in [0.25, 0.3) is 0 Å². The Morgan fingerprint density at radius 3 is 2.62 bits per heavy atom. The second-order valence-electron chi connectivity index (χ2n) is 10.5. The van der Waals surface area contributed by atoms with Crippen LogP contribution in [0.5, 0.6) is 0 Å². The average Bonchev–Trinajstić information content (AvgIpc) is 3.24. The molecule has 0 unspecified atom stereocenters. The lowest BCUT2D eigenvalue weighted by Gasteiger charge is -2.41. The van der Waals surface area contributed by atoms with Crippen LogP contribution in [0.2, 0.25) is 5.02 Å². The first-order chi connectivity index (χ1) is 18.6. The molecule has 0 spiro atoms. The summed E-state index contributed by atoms with van der Waals surface area (Å²) in [5.74, 6) is -0.214. The number of thiocarbonyl (C=S) groups is 1. The standard InChI is InChI=1S/C30H32ClN5O2S/c1-18-16-30(2,3)35(4)25-15-23(31)22(14-21(18)25)28-27(24-8-6-7-13-32-24)34-29(39)36(28)20-11-9-19(10-12-20)33-26(37)17-38-5/h6-16,27-28H,17H2,1-5H3,(H,33,37)(H,34,39)/t27-,28-/m0/s1. The normalized spacial score (nSPS) is 19.8. The van der Waals surface area contributed by atoms with E-state index in [2.05, 4.69) is 71.4 Å². The zero-order valence-corrected chi connectivity index (χ0v) is 24.2. The van der Waals surface area contributed by atoms with Gasteiger partial charge >= 0.3 is 0 Å². The van der Waals surface area contributed by atoms with E-state index < -0.39 is 0 Å². The number of nitrogens with zero attached hydrogens (tertiary/aromatic N) is 3. The number of likely N-dealkylation sites (N-methyl/N-ethyl adjacent to an activating group) is 1. The van der Waals surface area contributed by atoms with Gasteiger partial charge in [-0.3, -0.25) is 9.78 Å². The predicted octanol–water partition coefficient (Wildman–Crippen LogP) is 6.13. The lowest BCUT2D eigenvalue weighted by atomic mass is 9.86. The molecule has 3 aromatic rings. The summed E-state index contributed by atoms with van der Waals surface area (Å²) >= 11 is 13.0. The molecule has 1 fully saturated rings. The second kappa shape index (κ2) is 10.6. The number of carbonyl (C=O) groups excluding carboxylic acids is 1. The molecule has 9 heteroatoms. The summed E-state index contributed by atoms with van der Waals surface area (Å²) in [6.45, 7) is 6.53. The Labute approximate surface area is 239 Å². The highest BCUT2D eigenvalue weighted by Crippen LogP contribution is 2.47. The molecule has 5 rings (SSSR count). The van der Waals surface area contributed by atoms with Crippen molar-refractivity contribution in [3.05, 3.63) is 88.7 Å². The van der Waals surface area contributed by atoms with Gasteiger partial charge in [0, 0.05) is 48.0 Å². The number of carbonyl (C=O) groups is 1. The third kappa shape index (κ3) is 5.12. The van der Waals surface area contributed by atoms with Crippen molar-refractivity contribution >= 4 is 57.5 Å². The van der Waals surface area contributed by atoms with Crippen LogP contribution in [0.25, 0.3) is 5.57 Å². The van der Waals surface area contributed by atoms with Crippen molar-refractivity contribution in [2.75, 3.05) is 35.9 Å². The predicted molar refractivity (Wildman–Crippen MR) is 162 cm³/mol. The Balaban J connectivity index is 1.60. The van der Waals surface area contributed by atoms with Crippen molar-refractivity contribution in [1.82, 2.24) is 10.3 Å². The largest absolute Gasteiger partial charge is 0.375 e. The third-order valence-corrected chi connectivity index (χ3v) is 8.10. The number of nitrogens with one attached hydrogen (secondary N) is 2. The van der Waals surface area contributed by atoms with Gasteiger partial charge in [0.1, 0.15) is 6.61 Å². The van der Waals surface area contributed by atoms with Crippen molar-refractivity contribution in [1.29, 1.82) is 0 Å². The Morgan fingerprint density at radius 1 is 1.21 bits per heavy atom. The number of benzene rings is 2. The molecular weight excluding hydrogens is 530 g/mol. The molecule has 0 saturated carbocycles. The second-order valence-corrected chi connectivity index (χ2v) is 11.2. The molecule has 0 radical (unpaired) electrons. The molecule has 1 aromatic heterocycles. The fraction of sp³-hybridized carbons (Fsp3) is 0.300. The summed E-state index contributed by atoms with van der Waals surface area (Å²) < 4.78 is 4.92. The Hall–Kier alpha value is -3.46. The van der Waals surface area contributed by atoms with Gasteiger partial charge in [-0.15, -0.1) is 0 Å². The lowest BCUT2D eigenvalue weighted by molar-refractivity contribution is -0.119. The topological polar surface area (TPSA) is 69.7 Å².